The lowest BCUT2D eigenvalue weighted by Crippen LogP contribution is -2.42. The number of hydrogen-bond acceptors (Lipinski definition) is 5. The van der Waals surface area contributed by atoms with Gasteiger partial charge in [-0.25, -0.2) is 0 Å². The molecule has 0 spiro atoms. The van der Waals surface area contributed by atoms with Crippen molar-refractivity contribution in [1.82, 2.24) is 15.0 Å². The Morgan fingerprint density at radius 3 is 2.34 bits per heavy atom. The molecule has 0 bridgehead atoms. The van der Waals surface area contributed by atoms with Crippen molar-refractivity contribution in [3.8, 4) is 11.5 Å². The van der Waals surface area contributed by atoms with Crippen molar-refractivity contribution >= 4 is 12.4 Å². The lowest BCUT2D eigenvalue weighted by Gasteiger charge is -2.42. The van der Waals surface area contributed by atoms with E-state index in [0.717, 1.165) is 44.8 Å². The van der Waals surface area contributed by atoms with Gasteiger partial charge in [0.25, 0.3) is 5.89 Å². The maximum Gasteiger partial charge on any atom is 0.257 e. The summed E-state index contributed by atoms with van der Waals surface area (Å²) in [6, 6.07) is 19.3. The summed E-state index contributed by atoms with van der Waals surface area (Å²) in [5.74, 6) is 1.25. The lowest BCUT2D eigenvalue weighted by atomic mass is 9.74. The number of nitrogens with zero attached hydrogens (tertiary/aromatic N) is 3. The molecule has 1 fully saturated rings. The minimum atomic E-state index is 0. The van der Waals surface area contributed by atoms with Crippen molar-refractivity contribution < 1.29 is 9.26 Å². The van der Waals surface area contributed by atoms with Crippen LogP contribution in [-0.2, 0) is 17.7 Å². The Hall–Kier alpha value is -2.21. The van der Waals surface area contributed by atoms with Crippen LogP contribution in [-0.4, -0.2) is 41.3 Å². The molecule has 0 aliphatic carbocycles. The summed E-state index contributed by atoms with van der Waals surface area (Å²) in [5, 5.41) is 3.87. The maximum atomic E-state index is 5.94. The lowest BCUT2D eigenvalue weighted by molar-refractivity contribution is -0.00232. The molecule has 0 saturated carbocycles. The van der Waals surface area contributed by atoms with Gasteiger partial charge < -0.3 is 9.26 Å². The van der Waals surface area contributed by atoms with Gasteiger partial charge in [0.1, 0.15) is 0 Å². The van der Waals surface area contributed by atoms with Crippen LogP contribution >= 0.6 is 12.4 Å². The molecule has 172 valence electrons. The summed E-state index contributed by atoms with van der Waals surface area (Å²) in [5.41, 5.74) is 4.01. The number of rotatable bonds is 9. The summed E-state index contributed by atoms with van der Waals surface area (Å²) in [6.07, 6.45) is 4.71. The van der Waals surface area contributed by atoms with E-state index in [1.165, 1.54) is 30.4 Å². The second kappa shape index (κ2) is 11.6. The molecule has 6 heteroatoms. The van der Waals surface area contributed by atoms with Gasteiger partial charge in [0.2, 0.25) is 0 Å². The predicted octanol–water partition coefficient (Wildman–Crippen LogP) is 5.72. The van der Waals surface area contributed by atoms with Gasteiger partial charge in [-0.1, -0.05) is 47.6 Å². The number of benzene rings is 2. The second-order valence-corrected chi connectivity index (χ2v) is 8.74. The summed E-state index contributed by atoms with van der Waals surface area (Å²) in [7, 11) is 0. The summed E-state index contributed by atoms with van der Waals surface area (Å²) >= 11 is 0. The topological polar surface area (TPSA) is 51.4 Å². The molecule has 0 amide bonds. The van der Waals surface area contributed by atoms with Gasteiger partial charge in [0.05, 0.1) is 6.61 Å². The highest BCUT2D eigenvalue weighted by Crippen LogP contribution is 2.37. The van der Waals surface area contributed by atoms with Gasteiger partial charge in [0.15, 0.2) is 5.82 Å². The quantitative estimate of drug-likeness (QED) is 0.413. The van der Waals surface area contributed by atoms with Gasteiger partial charge in [-0.15, -0.1) is 12.4 Å². The first-order chi connectivity index (χ1) is 15.2. The molecule has 0 radical (unpaired) electrons. The number of piperidine rings is 1. The van der Waals surface area contributed by atoms with E-state index in [1.54, 1.807) is 0 Å². The summed E-state index contributed by atoms with van der Waals surface area (Å²) in [4.78, 5) is 6.87. The van der Waals surface area contributed by atoms with Crippen molar-refractivity contribution in [2.75, 3.05) is 26.3 Å². The number of ether oxygens (including phenoxy) is 1. The molecule has 0 N–H and O–H groups in total. The van der Waals surface area contributed by atoms with Crippen LogP contribution in [0.3, 0.4) is 0 Å². The van der Waals surface area contributed by atoms with Crippen LogP contribution < -0.4 is 0 Å². The molecule has 2 heterocycles. The summed E-state index contributed by atoms with van der Waals surface area (Å²) in [6.45, 7) is 8.82. The molecule has 1 aliphatic rings. The Morgan fingerprint density at radius 1 is 1.00 bits per heavy atom. The molecular weight excluding hydrogens is 422 g/mol. The van der Waals surface area contributed by atoms with E-state index in [9.17, 15) is 0 Å². The number of hydrogen-bond donors (Lipinski definition) is 0. The van der Waals surface area contributed by atoms with Gasteiger partial charge in [-0.2, -0.15) is 4.98 Å². The van der Waals surface area contributed by atoms with E-state index in [1.807, 2.05) is 6.92 Å². The third-order valence-electron chi connectivity index (χ3n) is 6.45. The Labute approximate surface area is 197 Å². The van der Waals surface area contributed by atoms with Gasteiger partial charge in [0, 0.05) is 18.7 Å². The first kappa shape index (κ1) is 24.4. The van der Waals surface area contributed by atoms with Gasteiger partial charge >= 0.3 is 0 Å². The van der Waals surface area contributed by atoms with E-state index in [-0.39, 0.29) is 12.4 Å². The second-order valence-electron chi connectivity index (χ2n) is 8.74. The number of likely N-dealkylation sites (tertiary alicyclic amines) is 1. The number of aryl methyl sites for hydroxylation is 2. The first-order valence-corrected chi connectivity index (χ1v) is 11.4. The largest absolute Gasteiger partial charge is 0.381 e. The van der Waals surface area contributed by atoms with Gasteiger partial charge in [-0.05, 0) is 81.3 Å². The van der Waals surface area contributed by atoms with Crippen molar-refractivity contribution in [3.05, 3.63) is 71.5 Å². The fourth-order valence-corrected chi connectivity index (χ4v) is 4.45. The summed E-state index contributed by atoms with van der Waals surface area (Å²) < 4.78 is 11.2. The minimum Gasteiger partial charge on any atom is -0.381 e. The third kappa shape index (κ3) is 6.41. The highest BCUT2D eigenvalue weighted by molar-refractivity contribution is 5.85. The van der Waals surface area contributed by atoms with Crippen LogP contribution in [0.1, 0.15) is 43.1 Å². The van der Waals surface area contributed by atoms with E-state index >= 15 is 0 Å². The first-order valence-electron chi connectivity index (χ1n) is 11.4. The smallest absolute Gasteiger partial charge is 0.257 e. The fraction of sp³-hybridized carbons (Fsp3) is 0.462. The highest BCUT2D eigenvalue weighted by atomic mass is 35.5. The average Bonchev–Trinajstić information content (AvgIpc) is 3.25. The third-order valence-corrected chi connectivity index (χ3v) is 6.45. The predicted molar refractivity (Wildman–Crippen MR) is 130 cm³/mol. The molecule has 1 saturated heterocycles. The molecule has 3 aromatic rings. The molecule has 1 aliphatic heterocycles. The van der Waals surface area contributed by atoms with Crippen LogP contribution in [0.2, 0.25) is 0 Å². The molecule has 0 atom stereocenters. The zero-order chi connectivity index (χ0) is 21.5. The van der Waals surface area contributed by atoms with E-state index in [0.29, 0.717) is 17.1 Å². The fourth-order valence-electron chi connectivity index (χ4n) is 4.45. The number of halogens is 1. The van der Waals surface area contributed by atoms with E-state index < -0.39 is 0 Å². The van der Waals surface area contributed by atoms with Gasteiger partial charge in [-0.3, -0.25) is 4.90 Å². The van der Waals surface area contributed by atoms with E-state index in [2.05, 4.69) is 76.6 Å². The Morgan fingerprint density at radius 2 is 1.72 bits per heavy atom. The standard InChI is InChI=1S/C26H33N3O2.ClH/c1-3-30-20-26(14-13-22-7-5-4-6-8-22)15-17-29(18-16-26)19-23-9-11-24(12-10-23)25-27-21(2)28-31-25;/h4-12H,3,13-20H2,1-2H3;1H. The van der Waals surface area contributed by atoms with Crippen LogP contribution in [0, 0.1) is 12.3 Å². The minimum absolute atomic E-state index is 0. The molecule has 5 nitrogen and oxygen atoms in total. The van der Waals surface area contributed by atoms with Crippen molar-refractivity contribution in [2.24, 2.45) is 5.41 Å². The zero-order valence-corrected chi connectivity index (χ0v) is 19.9. The van der Waals surface area contributed by atoms with Crippen LogP contribution in [0.5, 0.6) is 0 Å². The SMILES string of the molecule is CCOCC1(CCc2ccccc2)CCN(Cc2ccc(-c3nc(C)no3)cc2)CC1.Cl. The van der Waals surface area contributed by atoms with Crippen molar-refractivity contribution in [3.63, 3.8) is 0 Å². The van der Waals surface area contributed by atoms with E-state index in [4.69, 9.17) is 9.26 Å². The van der Waals surface area contributed by atoms with Crippen LogP contribution in [0.25, 0.3) is 11.5 Å². The number of aromatic nitrogens is 2. The monoisotopic (exact) mass is 455 g/mol. The Kier molecular flexibility index (Phi) is 8.85. The average molecular weight is 456 g/mol. The molecule has 4 rings (SSSR count). The highest BCUT2D eigenvalue weighted by Gasteiger charge is 2.34. The Balaban J connectivity index is 0.00000289. The Bertz CT molecular complexity index is 935. The zero-order valence-electron chi connectivity index (χ0n) is 19.1. The van der Waals surface area contributed by atoms with Crippen LogP contribution in [0.4, 0.5) is 0 Å². The molecule has 1 aromatic heterocycles. The van der Waals surface area contributed by atoms with Crippen LogP contribution in [0.15, 0.2) is 59.1 Å². The van der Waals surface area contributed by atoms with Crippen molar-refractivity contribution in [2.45, 2.75) is 46.1 Å². The molecule has 2 aromatic carbocycles. The molecule has 32 heavy (non-hydrogen) atoms. The van der Waals surface area contributed by atoms with Crippen molar-refractivity contribution in [1.29, 1.82) is 0 Å². The molecular formula is C26H34ClN3O2. The maximum absolute atomic E-state index is 5.94. The normalized spacial score (nSPS) is 15.9. The molecule has 0 unspecified atom stereocenters.